The Balaban J connectivity index is 1.60. The minimum absolute atomic E-state index is 0.0446. The van der Waals surface area contributed by atoms with Gasteiger partial charge in [-0.25, -0.2) is 4.98 Å². The maximum Gasteiger partial charge on any atom is 0.255 e. The molecule has 0 atom stereocenters. The van der Waals surface area contributed by atoms with Crippen molar-refractivity contribution in [3.63, 3.8) is 0 Å². The molecule has 146 valence electrons. The SMILES string of the molecule is Cn1c(CN(CCN2CCCC2)C(=O)c2ccccc2Cl)nc2ccccc21. The third-order valence-corrected chi connectivity index (χ3v) is 5.82. The van der Waals surface area contributed by atoms with Crippen LogP contribution in [0.15, 0.2) is 48.5 Å². The van der Waals surface area contributed by atoms with Crippen LogP contribution < -0.4 is 0 Å². The lowest BCUT2D eigenvalue weighted by Crippen LogP contribution is -2.38. The highest BCUT2D eigenvalue weighted by Crippen LogP contribution is 2.20. The maximum absolute atomic E-state index is 13.3. The molecule has 0 radical (unpaired) electrons. The molecule has 4 rings (SSSR count). The number of imidazole rings is 1. The van der Waals surface area contributed by atoms with Gasteiger partial charge < -0.3 is 14.4 Å². The number of amides is 1. The molecular weight excluding hydrogens is 372 g/mol. The maximum atomic E-state index is 13.3. The first-order chi connectivity index (χ1) is 13.6. The zero-order chi connectivity index (χ0) is 19.5. The van der Waals surface area contributed by atoms with Crippen molar-refractivity contribution in [1.82, 2.24) is 19.4 Å². The molecule has 0 spiro atoms. The van der Waals surface area contributed by atoms with Crippen LogP contribution in [0.5, 0.6) is 0 Å². The Morgan fingerprint density at radius 1 is 1.11 bits per heavy atom. The lowest BCUT2D eigenvalue weighted by Gasteiger charge is -2.25. The minimum atomic E-state index is -0.0446. The fraction of sp³-hybridized carbons (Fsp3) is 0.364. The van der Waals surface area contributed by atoms with Crippen molar-refractivity contribution < 1.29 is 4.79 Å². The molecule has 1 aliphatic heterocycles. The Hall–Kier alpha value is -2.37. The summed E-state index contributed by atoms with van der Waals surface area (Å²) in [7, 11) is 2.00. The molecule has 2 aromatic carbocycles. The molecule has 1 aromatic heterocycles. The second kappa shape index (κ2) is 8.33. The minimum Gasteiger partial charge on any atom is -0.330 e. The average Bonchev–Trinajstić information content (AvgIpc) is 3.33. The van der Waals surface area contributed by atoms with Gasteiger partial charge in [-0.3, -0.25) is 4.79 Å². The Kier molecular flexibility index (Phi) is 5.64. The van der Waals surface area contributed by atoms with Crippen molar-refractivity contribution >= 4 is 28.5 Å². The van der Waals surface area contributed by atoms with E-state index in [1.165, 1.54) is 12.8 Å². The highest BCUT2D eigenvalue weighted by molar-refractivity contribution is 6.33. The number of fused-ring (bicyclic) bond motifs is 1. The van der Waals surface area contributed by atoms with Crippen molar-refractivity contribution in [2.45, 2.75) is 19.4 Å². The van der Waals surface area contributed by atoms with E-state index in [0.717, 1.165) is 36.5 Å². The number of hydrogen-bond donors (Lipinski definition) is 0. The number of likely N-dealkylation sites (tertiary alicyclic amines) is 1. The van der Waals surface area contributed by atoms with E-state index in [1.807, 2.05) is 42.3 Å². The van der Waals surface area contributed by atoms with Gasteiger partial charge in [-0.2, -0.15) is 0 Å². The first-order valence-electron chi connectivity index (χ1n) is 9.80. The van der Waals surface area contributed by atoms with Crippen LogP contribution >= 0.6 is 11.6 Å². The van der Waals surface area contributed by atoms with E-state index in [9.17, 15) is 4.79 Å². The van der Waals surface area contributed by atoms with Crippen LogP contribution in [-0.2, 0) is 13.6 Å². The van der Waals surface area contributed by atoms with E-state index in [4.69, 9.17) is 16.6 Å². The summed E-state index contributed by atoms with van der Waals surface area (Å²) in [5.41, 5.74) is 2.57. The lowest BCUT2D eigenvalue weighted by atomic mass is 10.2. The fourth-order valence-corrected chi connectivity index (χ4v) is 4.05. The smallest absolute Gasteiger partial charge is 0.255 e. The molecule has 6 heteroatoms. The standard InChI is InChI=1S/C22H25ClN4O/c1-25-20-11-5-4-10-19(20)24-21(25)16-27(15-14-26-12-6-7-13-26)22(28)17-8-2-3-9-18(17)23/h2-5,8-11H,6-7,12-16H2,1H3. The summed E-state index contributed by atoms with van der Waals surface area (Å²) in [5.74, 6) is 0.833. The molecule has 1 amide bonds. The molecular formula is C22H25ClN4O. The summed E-state index contributed by atoms with van der Waals surface area (Å²) in [6.45, 7) is 4.22. The molecule has 0 unspecified atom stereocenters. The third-order valence-electron chi connectivity index (χ3n) is 5.49. The van der Waals surface area contributed by atoms with Crippen LogP contribution in [0.2, 0.25) is 5.02 Å². The second-order valence-corrected chi connectivity index (χ2v) is 7.74. The summed E-state index contributed by atoms with van der Waals surface area (Å²) in [4.78, 5) is 22.3. The van der Waals surface area contributed by atoms with Gasteiger partial charge in [0.25, 0.3) is 5.91 Å². The number of nitrogens with zero attached hydrogens (tertiary/aromatic N) is 4. The Morgan fingerprint density at radius 3 is 2.57 bits per heavy atom. The number of para-hydroxylation sites is 2. The van der Waals surface area contributed by atoms with Crippen molar-refractivity contribution in [3.8, 4) is 0 Å². The topological polar surface area (TPSA) is 41.4 Å². The molecule has 28 heavy (non-hydrogen) atoms. The number of benzene rings is 2. The molecule has 1 saturated heterocycles. The molecule has 2 heterocycles. The van der Waals surface area contributed by atoms with Gasteiger partial charge in [-0.1, -0.05) is 35.9 Å². The molecule has 1 aliphatic rings. The lowest BCUT2D eigenvalue weighted by molar-refractivity contribution is 0.0721. The largest absolute Gasteiger partial charge is 0.330 e. The van der Waals surface area contributed by atoms with E-state index < -0.39 is 0 Å². The summed E-state index contributed by atoms with van der Waals surface area (Å²) in [6, 6.07) is 15.3. The molecule has 0 saturated carbocycles. The van der Waals surface area contributed by atoms with Gasteiger partial charge in [-0.05, 0) is 50.2 Å². The number of aryl methyl sites for hydroxylation is 1. The molecule has 1 fully saturated rings. The van der Waals surface area contributed by atoms with Crippen LogP contribution in [0.1, 0.15) is 29.0 Å². The van der Waals surface area contributed by atoms with Crippen molar-refractivity contribution in [2.24, 2.45) is 7.05 Å². The quantitative estimate of drug-likeness (QED) is 0.633. The van der Waals surface area contributed by atoms with Crippen LogP contribution in [-0.4, -0.2) is 51.4 Å². The monoisotopic (exact) mass is 396 g/mol. The number of rotatable bonds is 6. The molecule has 5 nitrogen and oxygen atoms in total. The predicted octanol–water partition coefficient (Wildman–Crippen LogP) is 3.96. The molecule has 0 aliphatic carbocycles. The average molecular weight is 397 g/mol. The van der Waals surface area contributed by atoms with Gasteiger partial charge in [0, 0.05) is 20.1 Å². The van der Waals surface area contributed by atoms with E-state index >= 15 is 0 Å². The van der Waals surface area contributed by atoms with Gasteiger partial charge in [0.15, 0.2) is 0 Å². The van der Waals surface area contributed by atoms with Crippen LogP contribution in [0.3, 0.4) is 0 Å². The van der Waals surface area contributed by atoms with Crippen molar-refractivity contribution in [2.75, 3.05) is 26.2 Å². The first-order valence-corrected chi connectivity index (χ1v) is 10.2. The zero-order valence-electron chi connectivity index (χ0n) is 16.1. The molecule has 3 aromatic rings. The van der Waals surface area contributed by atoms with Gasteiger partial charge in [0.05, 0.1) is 28.2 Å². The highest BCUT2D eigenvalue weighted by atomic mass is 35.5. The van der Waals surface area contributed by atoms with Crippen LogP contribution in [0, 0.1) is 0 Å². The van der Waals surface area contributed by atoms with Gasteiger partial charge in [-0.15, -0.1) is 0 Å². The summed E-state index contributed by atoms with van der Waals surface area (Å²) >= 11 is 6.31. The zero-order valence-corrected chi connectivity index (χ0v) is 16.9. The van der Waals surface area contributed by atoms with E-state index in [2.05, 4.69) is 15.5 Å². The molecule has 0 bridgehead atoms. The van der Waals surface area contributed by atoms with Gasteiger partial charge in [0.2, 0.25) is 0 Å². The van der Waals surface area contributed by atoms with Gasteiger partial charge >= 0.3 is 0 Å². The van der Waals surface area contributed by atoms with E-state index in [-0.39, 0.29) is 5.91 Å². The number of aromatic nitrogens is 2. The Morgan fingerprint density at radius 2 is 1.82 bits per heavy atom. The highest BCUT2D eigenvalue weighted by Gasteiger charge is 2.22. The summed E-state index contributed by atoms with van der Waals surface area (Å²) in [6.07, 6.45) is 2.48. The number of carbonyl (C=O) groups is 1. The predicted molar refractivity (Wildman–Crippen MR) is 113 cm³/mol. The Bertz CT molecular complexity index is 978. The fourth-order valence-electron chi connectivity index (χ4n) is 3.83. The van der Waals surface area contributed by atoms with Crippen LogP contribution in [0.4, 0.5) is 0 Å². The molecule has 0 N–H and O–H groups in total. The second-order valence-electron chi connectivity index (χ2n) is 7.33. The Labute approximate surface area is 170 Å². The van der Waals surface area contributed by atoms with Gasteiger partial charge in [0.1, 0.15) is 5.82 Å². The number of hydrogen-bond acceptors (Lipinski definition) is 3. The first kappa shape index (κ1) is 19.0. The normalized spacial score (nSPS) is 14.6. The van der Waals surface area contributed by atoms with Crippen molar-refractivity contribution in [1.29, 1.82) is 0 Å². The third kappa shape index (κ3) is 3.91. The van der Waals surface area contributed by atoms with E-state index in [0.29, 0.717) is 23.7 Å². The van der Waals surface area contributed by atoms with Crippen LogP contribution in [0.25, 0.3) is 11.0 Å². The van der Waals surface area contributed by atoms with E-state index in [1.54, 1.807) is 12.1 Å². The summed E-state index contributed by atoms with van der Waals surface area (Å²) in [5, 5.41) is 0.490. The number of carbonyl (C=O) groups excluding carboxylic acids is 1. The summed E-state index contributed by atoms with van der Waals surface area (Å²) < 4.78 is 2.07. The van der Waals surface area contributed by atoms with Crippen molar-refractivity contribution in [3.05, 3.63) is 64.9 Å². The number of halogens is 1.